The average Bonchev–Trinajstić information content (AvgIpc) is 2.90. The lowest BCUT2D eigenvalue weighted by Gasteiger charge is -2.11. The smallest absolute Gasteiger partial charge is 0.163 e. The second kappa shape index (κ2) is 5.58. The third-order valence-corrected chi connectivity index (χ3v) is 2.96. The normalized spacial score (nSPS) is 30.9. The molecule has 4 nitrogen and oxygen atoms in total. The van der Waals surface area contributed by atoms with Gasteiger partial charge in [0.1, 0.15) is 6.61 Å². The Morgan fingerprint density at radius 3 is 2.93 bits per heavy atom. The molecule has 0 aliphatic carbocycles. The van der Waals surface area contributed by atoms with E-state index in [4.69, 9.17) is 14.2 Å². The molecule has 0 N–H and O–H groups in total. The fourth-order valence-electron chi connectivity index (χ4n) is 1.97. The van der Waals surface area contributed by atoms with E-state index in [1.165, 1.54) is 0 Å². The first-order valence-corrected chi connectivity index (χ1v) is 5.66. The van der Waals surface area contributed by atoms with Gasteiger partial charge < -0.3 is 14.2 Å². The van der Waals surface area contributed by atoms with Crippen molar-refractivity contribution in [3.05, 3.63) is 0 Å². The van der Waals surface area contributed by atoms with Gasteiger partial charge in [0, 0.05) is 19.1 Å². The molecular formula is C11H18O4. The zero-order chi connectivity index (χ0) is 10.5. The highest BCUT2D eigenvalue weighted by Gasteiger charge is 2.24. The maximum Gasteiger partial charge on any atom is 0.163 e. The minimum Gasteiger partial charge on any atom is -0.381 e. The summed E-state index contributed by atoms with van der Waals surface area (Å²) < 4.78 is 15.9. The van der Waals surface area contributed by atoms with Crippen molar-refractivity contribution in [3.8, 4) is 0 Å². The number of rotatable bonds is 5. The van der Waals surface area contributed by atoms with Crippen LogP contribution in [0.4, 0.5) is 0 Å². The van der Waals surface area contributed by atoms with E-state index in [2.05, 4.69) is 0 Å². The zero-order valence-corrected chi connectivity index (χ0v) is 8.94. The van der Waals surface area contributed by atoms with E-state index in [-0.39, 0.29) is 24.4 Å². The standard InChI is InChI=1S/C11H18O4/c12-11(9-3-5-13-6-9)8-14-7-10-2-1-4-15-10/h9-10H,1-8H2. The summed E-state index contributed by atoms with van der Waals surface area (Å²) in [5, 5.41) is 0. The number of hydrogen-bond donors (Lipinski definition) is 0. The Hall–Kier alpha value is -0.450. The highest BCUT2D eigenvalue weighted by molar-refractivity contribution is 5.82. The second-order valence-corrected chi connectivity index (χ2v) is 4.18. The average molecular weight is 214 g/mol. The van der Waals surface area contributed by atoms with E-state index >= 15 is 0 Å². The molecular weight excluding hydrogens is 196 g/mol. The van der Waals surface area contributed by atoms with Crippen molar-refractivity contribution in [2.24, 2.45) is 5.92 Å². The van der Waals surface area contributed by atoms with E-state index in [9.17, 15) is 4.79 Å². The predicted molar refractivity (Wildman–Crippen MR) is 53.7 cm³/mol. The van der Waals surface area contributed by atoms with Gasteiger partial charge in [0.15, 0.2) is 5.78 Å². The molecule has 2 atom stereocenters. The van der Waals surface area contributed by atoms with Crippen LogP contribution in [-0.2, 0) is 19.0 Å². The molecule has 2 aliphatic rings. The Labute approximate surface area is 89.9 Å². The molecule has 0 amide bonds. The van der Waals surface area contributed by atoms with Crippen LogP contribution in [0.25, 0.3) is 0 Å². The van der Waals surface area contributed by atoms with Gasteiger partial charge in [0.05, 0.1) is 19.3 Å². The summed E-state index contributed by atoms with van der Waals surface area (Å²) in [5.41, 5.74) is 0. The minimum absolute atomic E-state index is 0.0643. The number of Topliss-reactive ketones (excluding diaryl/α,β-unsaturated/α-hetero) is 1. The lowest BCUT2D eigenvalue weighted by molar-refractivity contribution is -0.128. The molecule has 2 saturated heterocycles. The summed E-state index contributed by atoms with van der Waals surface area (Å²) in [6, 6.07) is 0. The van der Waals surface area contributed by atoms with E-state index in [0.29, 0.717) is 19.8 Å². The van der Waals surface area contributed by atoms with Crippen molar-refractivity contribution in [3.63, 3.8) is 0 Å². The van der Waals surface area contributed by atoms with Gasteiger partial charge >= 0.3 is 0 Å². The molecule has 2 fully saturated rings. The van der Waals surface area contributed by atoms with Crippen molar-refractivity contribution in [2.75, 3.05) is 33.0 Å². The minimum atomic E-state index is 0.0643. The molecule has 86 valence electrons. The van der Waals surface area contributed by atoms with Gasteiger partial charge in [0.2, 0.25) is 0 Å². The molecule has 0 aromatic carbocycles. The summed E-state index contributed by atoms with van der Waals surface area (Å²) >= 11 is 0. The zero-order valence-electron chi connectivity index (χ0n) is 8.94. The number of hydrogen-bond acceptors (Lipinski definition) is 4. The van der Waals surface area contributed by atoms with Crippen LogP contribution in [0.1, 0.15) is 19.3 Å². The quantitative estimate of drug-likeness (QED) is 0.678. The maximum atomic E-state index is 11.6. The fourth-order valence-corrected chi connectivity index (χ4v) is 1.97. The highest BCUT2D eigenvalue weighted by Crippen LogP contribution is 2.15. The molecule has 2 aliphatic heterocycles. The maximum absolute atomic E-state index is 11.6. The van der Waals surface area contributed by atoms with Crippen LogP contribution in [-0.4, -0.2) is 44.9 Å². The Kier molecular flexibility index (Phi) is 4.11. The van der Waals surface area contributed by atoms with Gasteiger partial charge in [-0.25, -0.2) is 0 Å². The second-order valence-electron chi connectivity index (χ2n) is 4.18. The summed E-state index contributed by atoms with van der Waals surface area (Å²) in [7, 11) is 0. The summed E-state index contributed by atoms with van der Waals surface area (Å²) in [6.45, 7) is 2.88. The number of ketones is 1. The first-order chi connectivity index (χ1) is 7.36. The number of carbonyl (C=O) groups is 1. The largest absolute Gasteiger partial charge is 0.381 e. The first-order valence-electron chi connectivity index (χ1n) is 5.66. The van der Waals surface area contributed by atoms with Crippen LogP contribution in [0.5, 0.6) is 0 Å². The third kappa shape index (κ3) is 3.26. The van der Waals surface area contributed by atoms with Gasteiger partial charge in [-0.15, -0.1) is 0 Å². The predicted octanol–water partition coefficient (Wildman–Crippen LogP) is 0.788. The van der Waals surface area contributed by atoms with Crippen LogP contribution in [0.2, 0.25) is 0 Å². The van der Waals surface area contributed by atoms with Crippen LogP contribution < -0.4 is 0 Å². The molecule has 4 heteroatoms. The molecule has 0 bridgehead atoms. The van der Waals surface area contributed by atoms with Crippen LogP contribution >= 0.6 is 0 Å². The number of ether oxygens (including phenoxy) is 3. The summed E-state index contributed by atoms with van der Waals surface area (Å²) in [5.74, 6) is 0.236. The third-order valence-electron chi connectivity index (χ3n) is 2.96. The molecule has 15 heavy (non-hydrogen) atoms. The van der Waals surface area contributed by atoms with Gasteiger partial charge in [0.25, 0.3) is 0 Å². The molecule has 2 heterocycles. The Balaban J connectivity index is 1.58. The SMILES string of the molecule is O=C(COCC1CCCO1)C1CCOC1. The Morgan fingerprint density at radius 2 is 2.27 bits per heavy atom. The molecule has 0 aromatic heterocycles. The van der Waals surface area contributed by atoms with Crippen LogP contribution in [0, 0.1) is 5.92 Å². The molecule has 2 unspecified atom stereocenters. The molecule has 0 aromatic rings. The van der Waals surface area contributed by atoms with Gasteiger partial charge in [-0.1, -0.05) is 0 Å². The van der Waals surface area contributed by atoms with Crippen molar-refractivity contribution in [2.45, 2.75) is 25.4 Å². The first kappa shape index (κ1) is 11.0. The van der Waals surface area contributed by atoms with Crippen molar-refractivity contribution >= 4 is 5.78 Å². The highest BCUT2D eigenvalue weighted by atomic mass is 16.5. The van der Waals surface area contributed by atoms with Crippen molar-refractivity contribution < 1.29 is 19.0 Å². The van der Waals surface area contributed by atoms with Crippen LogP contribution in [0.3, 0.4) is 0 Å². The molecule has 0 spiro atoms. The van der Waals surface area contributed by atoms with E-state index in [1.807, 2.05) is 0 Å². The topological polar surface area (TPSA) is 44.8 Å². The van der Waals surface area contributed by atoms with E-state index < -0.39 is 0 Å². The Bertz CT molecular complexity index is 205. The van der Waals surface area contributed by atoms with Crippen molar-refractivity contribution in [1.29, 1.82) is 0 Å². The Morgan fingerprint density at radius 1 is 1.33 bits per heavy atom. The molecule has 0 radical (unpaired) electrons. The van der Waals surface area contributed by atoms with E-state index in [0.717, 1.165) is 25.9 Å². The monoisotopic (exact) mass is 214 g/mol. The summed E-state index contributed by atoms with van der Waals surface area (Å²) in [6.07, 6.45) is 3.22. The fraction of sp³-hybridized carbons (Fsp3) is 0.909. The summed E-state index contributed by atoms with van der Waals surface area (Å²) in [4.78, 5) is 11.6. The lowest BCUT2D eigenvalue weighted by Crippen LogP contribution is -2.23. The molecule has 2 rings (SSSR count). The molecule has 0 saturated carbocycles. The van der Waals surface area contributed by atoms with E-state index in [1.54, 1.807) is 0 Å². The lowest BCUT2D eigenvalue weighted by atomic mass is 10.0. The van der Waals surface area contributed by atoms with Gasteiger partial charge in [-0.05, 0) is 19.3 Å². The van der Waals surface area contributed by atoms with Gasteiger partial charge in [-0.2, -0.15) is 0 Å². The van der Waals surface area contributed by atoms with Crippen LogP contribution in [0.15, 0.2) is 0 Å². The van der Waals surface area contributed by atoms with Crippen molar-refractivity contribution in [1.82, 2.24) is 0 Å². The van der Waals surface area contributed by atoms with Gasteiger partial charge in [-0.3, -0.25) is 4.79 Å². The number of carbonyl (C=O) groups excluding carboxylic acids is 1.